The fourth-order valence-electron chi connectivity index (χ4n) is 2.72. The van der Waals surface area contributed by atoms with E-state index in [4.69, 9.17) is 14.0 Å². The molecule has 0 amide bonds. The second kappa shape index (κ2) is 11.0. The zero-order valence-corrected chi connectivity index (χ0v) is 19.3. The van der Waals surface area contributed by atoms with Gasteiger partial charge in [-0.05, 0) is 35.8 Å². The van der Waals surface area contributed by atoms with Crippen molar-refractivity contribution in [2.75, 3.05) is 20.1 Å². The molecule has 0 aromatic heterocycles. The molecule has 1 aromatic rings. The average Bonchev–Trinajstić information content (AvgIpc) is 2.59. The van der Waals surface area contributed by atoms with Crippen molar-refractivity contribution < 1.29 is 23.4 Å². The molecule has 0 saturated heterocycles. The maximum absolute atomic E-state index is 13.5. The van der Waals surface area contributed by atoms with E-state index < -0.39 is 19.5 Å². The second-order valence-electron chi connectivity index (χ2n) is 8.13. The Morgan fingerprint density at radius 1 is 1.04 bits per heavy atom. The summed E-state index contributed by atoms with van der Waals surface area (Å²) in [5.41, 5.74) is 1.94. The molecule has 1 N–H and O–H groups in total. The third-order valence-electron chi connectivity index (χ3n) is 4.16. The first-order valence-corrected chi connectivity index (χ1v) is 11.7. The quantitative estimate of drug-likeness (QED) is 0.393. The Labute approximate surface area is 169 Å². The van der Waals surface area contributed by atoms with Crippen LogP contribution in [0.1, 0.15) is 71.4 Å². The molecule has 2 unspecified atom stereocenters. The minimum absolute atomic E-state index is 0.154. The molecule has 1 rings (SSSR count). The molecule has 0 radical (unpaired) electrons. The molecule has 0 fully saturated rings. The number of benzene rings is 1. The summed E-state index contributed by atoms with van der Waals surface area (Å²) in [4.78, 5) is 12.2. The van der Waals surface area contributed by atoms with Gasteiger partial charge >= 0.3 is 13.5 Å². The first-order valence-electron chi connectivity index (χ1n) is 9.85. The van der Waals surface area contributed by atoms with Crippen molar-refractivity contribution in [3.8, 4) is 5.75 Å². The van der Waals surface area contributed by atoms with Crippen LogP contribution in [0.15, 0.2) is 18.2 Å². The second-order valence-corrected chi connectivity index (χ2v) is 10.2. The van der Waals surface area contributed by atoms with Crippen molar-refractivity contribution >= 4 is 13.5 Å². The van der Waals surface area contributed by atoms with Crippen LogP contribution in [-0.2, 0) is 18.8 Å². The van der Waals surface area contributed by atoms with Gasteiger partial charge in [-0.3, -0.25) is 9.36 Å². The molecule has 7 heteroatoms. The van der Waals surface area contributed by atoms with Crippen molar-refractivity contribution in [2.45, 2.75) is 66.3 Å². The number of rotatable bonds is 11. The molecule has 6 nitrogen and oxygen atoms in total. The molecule has 0 bridgehead atoms. The van der Waals surface area contributed by atoms with Gasteiger partial charge in [-0.1, -0.05) is 59.7 Å². The van der Waals surface area contributed by atoms with E-state index in [0.717, 1.165) is 11.1 Å². The zero-order valence-electron chi connectivity index (χ0n) is 18.4. The topological polar surface area (TPSA) is 73.9 Å². The van der Waals surface area contributed by atoms with Crippen LogP contribution >= 0.6 is 7.52 Å². The number of hydrogen-bond acceptors (Lipinski definition) is 5. The summed E-state index contributed by atoms with van der Waals surface area (Å²) >= 11 is 0. The molecule has 28 heavy (non-hydrogen) atoms. The van der Waals surface area contributed by atoms with Gasteiger partial charge in [0.1, 0.15) is 18.1 Å². The summed E-state index contributed by atoms with van der Waals surface area (Å²) < 4.78 is 30.0. The summed E-state index contributed by atoms with van der Waals surface area (Å²) in [6.07, 6.45) is -0.154. The monoisotopic (exact) mass is 413 g/mol. The van der Waals surface area contributed by atoms with E-state index in [0.29, 0.717) is 12.4 Å². The fourth-order valence-corrected chi connectivity index (χ4v) is 4.44. The Balaban J connectivity index is 3.15. The Hall–Kier alpha value is -1.36. The average molecular weight is 413 g/mol. The summed E-state index contributed by atoms with van der Waals surface area (Å²) in [6.45, 7) is 14.1. The predicted octanol–water partition coefficient (Wildman–Crippen LogP) is 5.29. The Bertz CT molecular complexity index is 661. The first-order chi connectivity index (χ1) is 13.0. The Kier molecular flexibility index (Phi) is 9.68. The van der Waals surface area contributed by atoms with E-state index >= 15 is 0 Å². The standard InChI is InChI=1S/C21H36NO5P/c1-14(2)12-26-21(23)17(7)22-28(24,13-25-8)27-20-18(15(3)4)10-9-11-19(20)16(5)6/h9-11,14-17H,12-13H2,1-8H3,(H,22,24). The highest BCUT2D eigenvalue weighted by Crippen LogP contribution is 2.48. The van der Waals surface area contributed by atoms with E-state index in [-0.39, 0.29) is 24.1 Å². The molecule has 0 heterocycles. The summed E-state index contributed by atoms with van der Waals surface area (Å²) in [5.74, 6) is 0.749. The van der Waals surface area contributed by atoms with Crippen molar-refractivity contribution in [3.63, 3.8) is 0 Å². The molecule has 1 aromatic carbocycles. The van der Waals surface area contributed by atoms with Gasteiger partial charge in [-0.2, -0.15) is 0 Å². The van der Waals surface area contributed by atoms with Gasteiger partial charge in [0.05, 0.1) is 6.61 Å². The maximum Gasteiger partial charge on any atom is 0.342 e. The van der Waals surface area contributed by atoms with Gasteiger partial charge in [0, 0.05) is 7.11 Å². The fraction of sp³-hybridized carbons (Fsp3) is 0.667. The van der Waals surface area contributed by atoms with Crippen LogP contribution in [-0.4, -0.2) is 32.1 Å². The molecule has 2 atom stereocenters. The van der Waals surface area contributed by atoms with Crippen molar-refractivity contribution in [1.29, 1.82) is 0 Å². The van der Waals surface area contributed by atoms with E-state index in [9.17, 15) is 9.36 Å². The van der Waals surface area contributed by atoms with Crippen LogP contribution in [0.3, 0.4) is 0 Å². The molecule has 160 valence electrons. The Morgan fingerprint density at radius 3 is 2.00 bits per heavy atom. The lowest BCUT2D eigenvalue weighted by Gasteiger charge is -2.27. The number of carbonyl (C=O) groups is 1. The smallest absolute Gasteiger partial charge is 0.342 e. The summed E-state index contributed by atoms with van der Waals surface area (Å²) in [5, 5.41) is 2.83. The number of nitrogens with one attached hydrogen (secondary N) is 1. The van der Waals surface area contributed by atoms with Gasteiger partial charge < -0.3 is 14.0 Å². The minimum Gasteiger partial charge on any atom is -0.464 e. The van der Waals surface area contributed by atoms with Gasteiger partial charge in [-0.15, -0.1) is 0 Å². The Morgan fingerprint density at radius 2 is 1.57 bits per heavy atom. The van der Waals surface area contributed by atoms with Gasteiger partial charge in [0.15, 0.2) is 0 Å². The lowest BCUT2D eigenvalue weighted by atomic mass is 9.94. The highest BCUT2D eigenvalue weighted by molar-refractivity contribution is 7.57. The molecule has 0 aliphatic heterocycles. The highest BCUT2D eigenvalue weighted by atomic mass is 31.2. The van der Waals surface area contributed by atoms with Crippen molar-refractivity contribution in [1.82, 2.24) is 5.09 Å². The molecule has 0 spiro atoms. The van der Waals surface area contributed by atoms with E-state index in [2.05, 4.69) is 32.8 Å². The molecule has 0 aliphatic rings. The van der Waals surface area contributed by atoms with E-state index in [1.807, 2.05) is 32.0 Å². The lowest BCUT2D eigenvalue weighted by Crippen LogP contribution is -2.36. The number of carbonyl (C=O) groups excluding carboxylic acids is 1. The molecule has 0 aliphatic carbocycles. The molecular formula is C21H36NO5P. The van der Waals surface area contributed by atoms with Gasteiger partial charge in [0.25, 0.3) is 0 Å². The van der Waals surface area contributed by atoms with E-state index in [1.165, 1.54) is 7.11 Å². The number of para-hydroxylation sites is 1. The predicted molar refractivity (Wildman–Crippen MR) is 113 cm³/mol. The summed E-state index contributed by atoms with van der Waals surface area (Å²) in [7, 11) is -2.05. The normalized spacial score (nSPS) is 15.0. The number of hydrogen-bond donors (Lipinski definition) is 1. The SMILES string of the molecule is COCP(=O)(NC(C)C(=O)OCC(C)C)Oc1c(C(C)C)cccc1C(C)C. The van der Waals surface area contributed by atoms with E-state index in [1.54, 1.807) is 6.92 Å². The zero-order chi connectivity index (χ0) is 21.5. The number of esters is 1. The third kappa shape index (κ3) is 7.23. The lowest BCUT2D eigenvalue weighted by molar-refractivity contribution is -0.146. The van der Waals surface area contributed by atoms with Gasteiger partial charge in [0.2, 0.25) is 0 Å². The maximum atomic E-state index is 13.5. The van der Waals surface area contributed by atoms with Crippen molar-refractivity contribution in [2.24, 2.45) is 5.92 Å². The minimum atomic E-state index is -3.50. The molecule has 0 saturated carbocycles. The molecular weight excluding hydrogens is 377 g/mol. The van der Waals surface area contributed by atoms with Crippen LogP contribution in [0.5, 0.6) is 5.75 Å². The summed E-state index contributed by atoms with van der Waals surface area (Å²) in [6, 6.07) is 5.15. The van der Waals surface area contributed by atoms with Crippen LogP contribution in [0.2, 0.25) is 0 Å². The first kappa shape index (κ1) is 24.7. The van der Waals surface area contributed by atoms with Crippen molar-refractivity contribution in [3.05, 3.63) is 29.3 Å². The third-order valence-corrected chi connectivity index (χ3v) is 6.02. The van der Waals surface area contributed by atoms with Crippen LogP contribution < -0.4 is 9.61 Å². The number of methoxy groups -OCH3 is 1. The van der Waals surface area contributed by atoms with Crippen LogP contribution in [0.25, 0.3) is 0 Å². The van der Waals surface area contributed by atoms with Crippen LogP contribution in [0, 0.1) is 5.92 Å². The highest BCUT2D eigenvalue weighted by Gasteiger charge is 2.32. The number of ether oxygens (including phenoxy) is 2. The van der Waals surface area contributed by atoms with Crippen LogP contribution in [0.4, 0.5) is 0 Å². The van der Waals surface area contributed by atoms with Gasteiger partial charge in [-0.25, -0.2) is 5.09 Å². The largest absolute Gasteiger partial charge is 0.464 e.